The summed E-state index contributed by atoms with van der Waals surface area (Å²) in [6, 6.07) is 3.69. The molecule has 0 bridgehead atoms. The van der Waals surface area contributed by atoms with Gasteiger partial charge < -0.3 is 4.90 Å². The zero-order chi connectivity index (χ0) is 13.8. The van der Waals surface area contributed by atoms with Gasteiger partial charge in [-0.3, -0.25) is 4.98 Å². The normalized spacial score (nSPS) is 11.2. The molecule has 0 amide bonds. The van der Waals surface area contributed by atoms with E-state index in [1.807, 2.05) is 12.1 Å². The van der Waals surface area contributed by atoms with Crippen LogP contribution in [0.5, 0.6) is 0 Å². The molecule has 6 nitrogen and oxygen atoms in total. The Labute approximate surface area is 115 Å². The first-order valence-electron chi connectivity index (χ1n) is 5.46. The number of nitriles is 1. The Hall–Kier alpha value is -2.39. The highest BCUT2D eigenvalue weighted by molar-refractivity contribution is 6.32. The van der Waals surface area contributed by atoms with Crippen LogP contribution in [0, 0.1) is 11.5 Å². The highest BCUT2D eigenvalue weighted by Crippen LogP contribution is 2.25. The fourth-order valence-corrected chi connectivity index (χ4v) is 1.77. The second-order valence-electron chi connectivity index (χ2n) is 3.78. The summed E-state index contributed by atoms with van der Waals surface area (Å²) >= 11 is 6.10. The molecule has 0 unspecified atom stereocenters. The number of halogens is 1. The van der Waals surface area contributed by atoms with Crippen molar-refractivity contribution in [3.8, 4) is 11.9 Å². The molecule has 0 fully saturated rings. The number of hydrogen-bond donors (Lipinski definition) is 0. The van der Waals surface area contributed by atoms with Crippen LogP contribution in [0.4, 0.5) is 5.69 Å². The van der Waals surface area contributed by atoms with Crippen LogP contribution in [0.1, 0.15) is 6.92 Å². The molecule has 2 aromatic rings. The van der Waals surface area contributed by atoms with Gasteiger partial charge in [0.05, 0.1) is 18.1 Å². The Kier molecular flexibility index (Phi) is 3.78. The van der Waals surface area contributed by atoms with Gasteiger partial charge in [-0.25, -0.2) is 4.68 Å². The van der Waals surface area contributed by atoms with Crippen LogP contribution in [0.3, 0.4) is 0 Å². The zero-order valence-electron chi connectivity index (χ0n) is 10.4. The average Bonchev–Trinajstić information content (AvgIpc) is 2.81. The molecule has 0 aliphatic carbocycles. The SMILES string of the molecule is CC(=NC#N)N(C)c1cn(-c2cccnc2)nc1Cl. The summed E-state index contributed by atoms with van der Waals surface area (Å²) in [5, 5.41) is 13.1. The van der Waals surface area contributed by atoms with Crippen molar-refractivity contribution in [2.24, 2.45) is 4.99 Å². The van der Waals surface area contributed by atoms with E-state index in [2.05, 4.69) is 15.1 Å². The lowest BCUT2D eigenvalue weighted by Crippen LogP contribution is -2.23. The quantitative estimate of drug-likeness (QED) is 0.478. The summed E-state index contributed by atoms with van der Waals surface area (Å²) < 4.78 is 1.63. The Morgan fingerprint density at radius 3 is 3.00 bits per heavy atom. The molecule has 0 aliphatic heterocycles. The fraction of sp³-hybridized carbons (Fsp3) is 0.167. The summed E-state index contributed by atoms with van der Waals surface area (Å²) in [5.74, 6) is 0.537. The van der Waals surface area contributed by atoms with Crippen LogP contribution >= 0.6 is 11.6 Å². The average molecular weight is 275 g/mol. The van der Waals surface area contributed by atoms with Gasteiger partial charge in [0.1, 0.15) is 11.5 Å². The molecule has 0 saturated heterocycles. The molecule has 0 aliphatic rings. The molecule has 0 spiro atoms. The fourth-order valence-electron chi connectivity index (χ4n) is 1.51. The number of amidine groups is 1. The largest absolute Gasteiger partial charge is 0.329 e. The first-order valence-corrected chi connectivity index (χ1v) is 5.84. The second-order valence-corrected chi connectivity index (χ2v) is 4.14. The van der Waals surface area contributed by atoms with Gasteiger partial charge in [0.2, 0.25) is 6.19 Å². The van der Waals surface area contributed by atoms with Crippen molar-refractivity contribution < 1.29 is 0 Å². The van der Waals surface area contributed by atoms with E-state index in [1.54, 1.807) is 48.3 Å². The Bertz CT molecular complexity index is 640. The van der Waals surface area contributed by atoms with Crippen molar-refractivity contribution in [1.82, 2.24) is 14.8 Å². The number of rotatable bonds is 2. The third kappa shape index (κ3) is 2.72. The summed E-state index contributed by atoms with van der Waals surface area (Å²) in [4.78, 5) is 9.39. The monoisotopic (exact) mass is 274 g/mol. The van der Waals surface area contributed by atoms with Crippen molar-refractivity contribution in [1.29, 1.82) is 5.26 Å². The van der Waals surface area contributed by atoms with Gasteiger partial charge in [0.15, 0.2) is 5.15 Å². The maximum Gasteiger partial charge on any atom is 0.207 e. The van der Waals surface area contributed by atoms with Gasteiger partial charge in [0, 0.05) is 13.2 Å². The van der Waals surface area contributed by atoms with E-state index in [4.69, 9.17) is 16.9 Å². The van der Waals surface area contributed by atoms with Crippen LogP contribution in [0.2, 0.25) is 5.15 Å². The number of pyridine rings is 1. The van der Waals surface area contributed by atoms with Gasteiger partial charge in [-0.05, 0) is 19.1 Å². The zero-order valence-corrected chi connectivity index (χ0v) is 11.2. The smallest absolute Gasteiger partial charge is 0.207 e. The number of hydrogen-bond acceptors (Lipinski definition) is 4. The molecule has 2 rings (SSSR count). The van der Waals surface area contributed by atoms with Crippen molar-refractivity contribution >= 4 is 23.1 Å². The molecule has 2 aromatic heterocycles. The molecule has 0 N–H and O–H groups in total. The predicted octanol–water partition coefficient (Wildman–Crippen LogP) is 2.26. The highest BCUT2D eigenvalue weighted by Gasteiger charge is 2.14. The van der Waals surface area contributed by atoms with Gasteiger partial charge in [-0.1, -0.05) is 11.6 Å². The van der Waals surface area contributed by atoms with E-state index in [0.717, 1.165) is 5.69 Å². The number of aromatic nitrogens is 3. The van der Waals surface area contributed by atoms with Crippen molar-refractivity contribution in [2.45, 2.75) is 6.92 Å². The van der Waals surface area contributed by atoms with E-state index >= 15 is 0 Å². The molecule has 19 heavy (non-hydrogen) atoms. The maximum atomic E-state index is 8.56. The lowest BCUT2D eigenvalue weighted by Gasteiger charge is -2.15. The van der Waals surface area contributed by atoms with Gasteiger partial charge in [0.25, 0.3) is 0 Å². The van der Waals surface area contributed by atoms with Crippen LogP contribution in [0.25, 0.3) is 5.69 Å². The van der Waals surface area contributed by atoms with Gasteiger partial charge in [-0.15, -0.1) is 0 Å². The summed E-state index contributed by atoms with van der Waals surface area (Å²) in [5.41, 5.74) is 1.47. The van der Waals surface area contributed by atoms with Gasteiger partial charge >= 0.3 is 0 Å². The Balaban J connectivity index is 2.38. The molecule has 0 atom stereocenters. The minimum Gasteiger partial charge on any atom is -0.329 e. The summed E-state index contributed by atoms with van der Waals surface area (Å²) in [7, 11) is 1.77. The van der Waals surface area contributed by atoms with Crippen LogP contribution in [-0.2, 0) is 0 Å². The number of anilines is 1. The third-order valence-corrected chi connectivity index (χ3v) is 2.89. The topological polar surface area (TPSA) is 70.1 Å². The third-order valence-electron chi connectivity index (χ3n) is 2.62. The van der Waals surface area contributed by atoms with E-state index in [-0.39, 0.29) is 0 Å². The van der Waals surface area contributed by atoms with E-state index in [0.29, 0.717) is 16.7 Å². The number of aliphatic imine (C=N–C) groups is 1. The lowest BCUT2D eigenvalue weighted by molar-refractivity contribution is 0.874. The molecule has 7 heteroatoms. The molecular weight excluding hydrogens is 264 g/mol. The van der Waals surface area contributed by atoms with Crippen molar-refractivity contribution in [2.75, 3.05) is 11.9 Å². The molecular formula is C12H11ClN6. The lowest BCUT2D eigenvalue weighted by atomic mass is 10.4. The Morgan fingerprint density at radius 2 is 2.37 bits per heavy atom. The maximum absolute atomic E-state index is 8.56. The second kappa shape index (κ2) is 5.50. The standard InChI is InChI=1S/C12H11ClN6/c1-9(16-8-14)18(2)11-7-19(17-12(11)13)10-4-3-5-15-6-10/h3-7H,1-2H3. The van der Waals surface area contributed by atoms with Crippen LogP contribution in [0.15, 0.2) is 35.7 Å². The van der Waals surface area contributed by atoms with E-state index in [1.165, 1.54) is 0 Å². The van der Waals surface area contributed by atoms with Gasteiger partial charge in [-0.2, -0.15) is 15.4 Å². The first kappa shape index (κ1) is 13.1. The minimum atomic E-state index is 0.332. The predicted molar refractivity (Wildman–Crippen MR) is 73.5 cm³/mol. The van der Waals surface area contributed by atoms with E-state index < -0.39 is 0 Å². The van der Waals surface area contributed by atoms with Crippen molar-refractivity contribution in [3.05, 3.63) is 35.9 Å². The molecule has 96 valence electrons. The number of nitrogens with zero attached hydrogens (tertiary/aromatic N) is 6. The Morgan fingerprint density at radius 1 is 1.58 bits per heavy atom. The minimum absolute atomic E-state index is 0.332. The highest BCUT2D eigenvalue weighted by atomic mass is 35.5. The van der Waals surface area contributed by atoms with E-state index in [9.17, 15) is 0 Å². The summed E-state index contributed by atoms with van der Waals surface area (Å²) in [6.45, 7) is 1.72. The summed E-state index contributed by atoms with van der Waals surface area (Å²) in [6.07, 6.45) is 6.87. The molecule has 0 radical (unpaired) electrons. The molecule has 0 saturated carbocycles. The molecule has 2 heterocycles. The first-order chi connectivity index (χ1) is 9.13. The molecule has 0 aromatic carbocycles. The van der Waals surface area contributed by atoms with Crippen LogP contribution < -0.4 is 4.90 Å². The van der Waals surface area contributed by atoms with Crippen molar-refractivity contribution in [3.63, 3.8) is 0 Å². The van der Waals surface area contributed by atoms with Crippen LogP contribution in [-0.4, -0.2) is 27.6 Å².